The Hall–Kier alpha value is -0.280. The third-order valence-electron chi connectivity index (χ3n) is 2.76. The van der Waals surface area contributed by atoms with Crippen LogP contribution in [-0.2, 0) is 4.79 Å². The van der Waals surface area contributed by atoms with E-state index in [-0.39, 0.29) is 17.8 Å². The highest BCUT2D eigenvalue weighted by atomic mass is 35.5. The van der Waals surface area contributed by atoms with Crippen molar-refractivity contribution in [1.29, 1.82) is 0 Å². The fourth-order valence-electron chi connectivity index (χ4n) is 2.03. The molecule has 3 aliphatic rings. The summed E-state index contributed by atoms with van der Waals surface area (Å²) >= 11 is 0. The molecule has 3 fully saturated rings. The van der Waals surface area contributed by atoms with E-state index in [2.05, 4.69) is 5.32 Å². The third kappa shape index (κ3) is 1.12. The van der Waals surface area contributed by atoms with Crippen LogP contribution in [0.2, 0.25) is 0 Å². The first-order valence-corrected chi connectivity index (χ1v) is 3.70. The number of halogens is 1. The van der Waals surface area contributed by atoms with E-state index in [1.807, 2.05) is 0 Å². The predicted molar refractivity (Wildman–Crippen MR) is 43.0 cm³/mol. The summed E-state index contributed by atoms with van der Waals surface area (Å²) < 4.78 is 0. The lowest BCUT2D eigenvalue weighted by atomic mass is 9.61. The molecule has 0 radical (unpaired) electrons. The zero-order valence-corrected chi connectivity index (χ0v) is 6.99. The second kappa shape index (κ2) is 2.64. The normalized spacial score (nSPS) is 40.2. The van der Waals surface area contributed by atoms with Gasteiger partial charge in [-0.3, -0.25) is 4.79 Å². The lowest BCUT2D eigenvalue weighted by Gasteiger charge is -2.49. The van der Waals surface area contributed by atoms with Gasteiger partial charge < -0.3 is 10.4 Å². The molecule has 1 saturated carbocycles. The van der Waals surface area contributed by atoms with E-state index < -0.39 is 5.97 Å². The molecule has 2 aliphatic heterocycles. The Kier molecular flexibility index (Phi) is 2.12. The summed E-state index contributed by atoms with van der Waals surface area (Å²) in [7, 11) is 0. The van der Waals surface area contributed by atoms with Crippen molar-refractivity contribution in [2.45, 2.75) is 25.3 Å². The highest BCUT2D eigenvalue weighted by Gasteiger charge is 2.52. The van der Waals surface area contributed by atoms with Crippen LogP contribution in [0.1, 0.15) is 19.3 Å². The average Bonchev–Trinajstić information content (AvgIpc) is 1.87. The second-order valence-corrected chi connectivity index (χ2v) is 3.39. The van der Waals surface area contributed by atoms with Crippen molar-refractivity contribution in [3.05, 3.63) is 0 Å². The number of carboxylic acid groups (broad SMARTS) is 1. The highest BCUT2D eigenvalue weighted by Crippen LogP contribution is 2.46. The van der Waals surface area contributed by atoms with Crippen LogP contribution in [0.3, 0.4) is 0 Å². The largest absolute Gasteiger partial charge is 0.481 e. The van der Waals surface area contributed by atoms with Gasteiger partial charge in [-0.15, -0.1) is 12.4 Å². The van der Waals surface area contributed by atoms with Gasteiger partial charge in [-0.25, -0.2) is 0 Å². The van der Waals surface area contributed by atoms with Crippen LogP contribution in [0.5, 0.6) is 0 Å². The molecule has 0 aromatic carbocycles. The van der Waals surface area contributed by atoms with Crippen molar-refractivity contribution in [3.63, 3.8) is 0 Å². The minimum atomic E-state index is -0.592. The van der Waals surface area contributed by atoms with Gasteiger partial charge in [0, 0.05) is 6.04 Å². The molecule has 2 N–H and O–H groups in total. The van der Waals surface area contributed by atoms with Crippen LogP contribution in [0, 0.1) is 5.41 Å². The molecule has 0 atom stereocenters. The van der Waals surface area contributed by atoms with E-state index in [4.69, 9.17) is 5.11 Å². The SMILES string of the molecule is Cl.O=C(O)C12CCNC(C1)C2. The fourth-order valence-corrected chi connectivity index (χ4v) is 2.03. The summed E-state index contributed by atoms with van der Waals surface area (Å²) in [6.07, 6.45) is 2.52. The molecule has 2 heterocycles. The molecule has 0 unspecified atom stereocenters. The van der Waals surface area contributed by atoms with E-state index in [0.717, 1.165) is 25.8 Å². The summed E-state index contributed by atoms with van der Waals surface area (Å²) in [4.78, 5) is 10.7. The molecular formula is C7H12ClNO2. The van der Waals surface area contributed by atoms with E-state index in [1.165, 1.54) is 0 Å². The maximum Gasteiger partial charge on any atom is 0.309 e. The van der Waals surface area contributed by atoms with Gasteiger partial charge in [0.2, 0.25) is 0 Å². The van der Waals surface area contributed by atoms with Gasteiger partial charge in [-0.05, 0) is 25.8 Å². The summed E-state index contributed by atoms with van der Waals surface area (Å²) in [5, 5.41) is 12.1. The van der Waals surface area contributed by atoms with E-state index in [0.29, 0.717) is 6.04 Å². The number of fused-ring (bicyclic) bond motifs is 2. The van der Waals surface area contributed by atoms with Gasteiger partial charge in [0.1, 0.15) is 0 Å². The predicted octanol–water partition coefficient (Wildman–Crippen LogP) is 0.635. The van der Waals surface area contributed by atoms with E-state index >= 15 is 0 Å². The van der Waals surface area contributed by atoms with Gasteiger partial charge >= 0.3 is 5.97 Å². The summed E-state index contributed by atoms with van der Waals surface area (Å²) in [5.41, 5.74) is -0.323. The van der Waals surface area contributed by atoms with Crippen molar-refractivity contribution in [2.24, 2.45) is 5.41 Å². The summed E-state index contributed by atoms with van der Waals surface area (Å²) in [6, 6.07) is 0.504. The molecule has 0 spiro atoms. The molecular weight excluding hydrogens is 166 g/mol. The number of aliphatic carboxylic acids is 1. The number of hydrogen-bond donors (Lipinski definition) is 2. The first-order valence-electron chi connectivity index (χ1n) is 3.70. The first kappa shape index (κ1) is 8.81. The van der Waals surface area contributed by atoms with E-state index in [9.17, 15) is 4.79 Å². The number of rotatable bonds is 1. The number of hydrogen-bond acceptors (Lipinski definition) is 2. The molecule has 3 nitrogen and oxygen atoms in total. The first-order chi connectivity index (χ1) is 4.73. The quantitative estimate of drug-likeness (QED) is 0.618. The van der Waals surface area contributed by atoms with Crippen molar-refractivity contribution < 1.29 is 9.90 Å². The lowest BCUT2D eigenvalue weighted by molar-refractivity contribution is -0.159. The molecule has 1 aliphatic carbocycles. The Morgan fingerprint density at radius 1 is 1.55 bits per heavy atom. The molecule has 3 rings (SSSR count). The molecule has 11 heavy (non-hydrogen) atoms. The van der Waals surface area contributed by atoms with Crippen LogP contribution < -0.4 is 5.32 Å². The number of nitrogens with one attached hydrogen (secondary N) is 1. The molecule has 4 heteroatoms. The fraction of sp³-hybridized carbons (Fsp3) is 0.857. The molecule has 64 valence electrons. The van der Waals surface area contributed by atoms with Crippen LogP contribution >= 0.6 is 12.4 Å². The monoisotopic (exact) mass is 177 g/mol. The maximum absolute atomic E-state index is 10.7. The van der Waals surface area contributed by atoms with Gasteiger partial charge in [0.25, 0.3) is 0 Å². The zero-order valence-electron chi connectivity index (χ0n) is 6.17. The molecule has 0 amide bonds. The maximum atomic E-state index is 10.7. The van der Waals surface area contributed by atoms with Gasteiger partial charge in [-0.1, -0.05) is 0 Å². The number of carbonyl (C=O) groups is 1. The van der Waals surface area contributed by atoms with Crippen LogP contribution in [0.25, 0.3) is 0 Å². The number of piperidine rings is 2. The van der Waals surface area contributed by atoms with Crippen molar-refractivity contribution in [2.75, 3.05) is 6.54 Å². The standard InChI is InChI=1S/C7H11NO2.ClH/c9-6(10)7-1-2-8-5(3-7)4-7;/h5,8H,1-4H2,(H,9,10);1H. The molecule has 2 bridgehead atoms. The number of carboxylic acids is 1. The molecule has 0 aromatic heterocycles. The van der Waals surface area contributed by atoms with Crippen molar-refractivity contribution >= 4 is 18.4 Å². The van der Waals surface area contributed by atoms with Crippen molar-refractivity contribution in [1.82, 2.24) is 5.32 Å². The highest BCUT2D eigenvalue weighted by molar-refractivity contribution is 5.85. The molecule has 2 saturated heterocycles. The van der Waals surface area contributed by atoms with Crippen LogP contribution in [0.4, 0.5) is 0 Å². The van der Waals surface area contributed by atoms with Gasteiger partial charge in [0.05, 0.1) is 5.41 Å². The lowest BCUT2D eigenvalue weighted by Crippen LogP contribution is -2.59. The Bertz CT molecular complexity index is 172. The van der Waals surface area contributed by atoms with Gasteiger partial charge in [-0.2, -0.15) is 0 Å². The van der Waals surface area contributed by atoms with E-state index in [1.54, 1.807) is 0 Å². The summed E-state index contributed by atoms with van der Waals surface area (Å²) in [5.74, 6) is -0.592. The Balaban J connectivity index is 0.000000605. The Morgan fingerprint density at radius 2 is 2.18 bits per heavy atom. The Labute approximate surface area is 71.6 Å². The average molecular weight is 178 g/mol. The third-order valence-corrected chi connectivity index (χ3v) is 2.76. The zero-order chi connectivity index (χ0) is 7.19. The Morgan fingerprint density at radius 3 is 2.45 bits per heavy atom. The second-order valence-electron chi connectivity index (χ2n) is 3.39. The molecule has 0 aromatic rings. The topological polar surface area (TPSA) is 49.3 Å². The van der Waals surface area contributed by atoms with Crippen LogP contribution in [-0.4, -0.2) is 23.7 Å². The van der Waals surface area contributed by atoms with Crippen LogP contribution in [0.15, 0.2) is 0 Å². The summed E-state index contributed by atoms with van der Waals surface area (Å²) in [6.45, 7) is 0.886. The minimum Gasteiger partial charge on any atom is -0.481 e. The smallest absolute Gasteiger partial charge is 0.309 e. The van der Waals surface area contributed by atoms with Crippen molar-refractivity contribution in [3.8, 4) is 0 Å². The van der Waals surface area contributed by atoms with Gasteiger partial charge in [0.15, 0.2) is 0 Å². The minimum absolute atomic E-state index is 0.